The molecule has 0 amide bonds. The molecular formula is C17H20N2. The molecule has 2 aromatic rings. The normalized spacial score (nSPS) is 20.9. The van der Waals surface area contributed by atoms with E-state index in [4.69, 9.17) is 0 Å². The van der Waals surface area contributed by atoms with E-state index < -0.39 is 0 Å². The number of hydrogen-bond donors (Lipinski definition) is 1. The van der Waals surface area contributed by atoms with Crippen LogP contribution in [0.15, 0.2) is 42.7 Å². The monoisotopic (exact) mass is 252 g/mol. The summed E-state index contributed by atoms with van der Waals surface area (Å²) in [5.41, 5.74) is 5.59. The number of nitrogens with zero attached hydrogens (tertiary/aromatic N) is 1. The number of fused-ring (bicyclic) bond motifs is 1. The van der Waals surface area contributed by atoms with Gasteiger partial charge in [0.1, 0.15) is 0 Å². The minimum atomic E-state index is 0.121. The summed E-state index contributed by atoms with van der Waals surface area (Å²) in [6.45, 7) is 6.69. The molecule has 1 aromatic carbocycles. The van der Waals surface area contributed by atoms with Gasteiger partial charge < -0.3 is 5.32 Å². The van der Waals surface area contributed by atoms with Crippen LogP contribution in [0, 0.1) is 6.92 Å². The van der Waals surface area contributed by atoms with Gasteiger partial charge >= 0.3 is 0 Å². The summed E-state index contributed by atoms with van der Waals surface area (Å²) < 4.78 is 0. The van der Waals surface area contributed by atoms with Crippen molar-refractivity contribution in [3.8, 4) is 0 Å². The molecule has 3 rings (SSSR count). The molecule has 2 heteroatoms. The number of pyridine rings is 1. The van der Waals surface area contributed by atoms with Gasteiger partial charge in [0.05, 0.1) is 6.04 Å². The molecule has 1 atom stereocenters. The van der Waals surface area contributed by atoms with Crippen LogP contribution in [0.25, 0.3) is 0 Å². The molecule has 0 radical (unpaired) electrons. The Bertz CT molecular complexity index is 587. The maximum atomic E-state index is 4.12. The second-order valence-corrected chi connectivity index (χ2v) is 6.12. The van der Waals surface area contributed by atoms with Crippen LogP contribution in [0.1, 0.15) is 42.1 Å². The molecular weight excluding hydrogens is 232 g/mol. The van der Waals surface area contributed by atoms with Crippen molar-refractivity contribution in [2.75, 3.05) is 0 Å². The number of aryl methyl sites for hydroxylation is 1. The summed E-state index contributed by atoms with van der Waals surface area (Å²) in [6, 6.07) is 11.3. The summed E-state index contributed by atoms with van der Waals surface area (Å²) in [7, 11) is 0. The first-order valence-corrected chi connectivity index (χ1v) is 6.82. The van der Waals surface area contributed by atoms with Gasteiger partial charge in [0, 0.05) is 17.9 Å². The molecule has 1 aliphatic rings. The van der Waals surface area contributed by atoms with Crippen LogP contribution in [0.5, 0.6) is 0 Å². The fourth-order valence-electron chi connectivity index (χ4n) is 2.96. The number of rotatable bonds is 1. The van der Waals surface area contributed by atoms with Crippen molar-refractivity contribution >= 4 is 0 Å². The molecule has 1 unspecified atom stereocenters. The second kappa shape index (κ2) is 4.46. The summed E-state index contributed by atoms with van der Waals surface area (Å²) >= 11 is 0. The molecule has 0 spiro atoms. The lowest BCUT2D eigenvalue weighted by Gasteiger charge is -2.39. The van der Waals surface area contributed by atoms with E-state index in [1.54, 1.807) is 0 Å². The minimum Gasteiger partial charge on any atom is -0.301 e. The van der Waals surface area contributed by atoms with Crippen LogP contribution in [0.4, 0.5) is 0 Å². The predicted molar refractivity (Wildman–Crippen MR) is 78.2 cm³/mol. The van der Waals surface area contributed by atoms with E-state index in [9.17, 15) is 0 Å². The third-order valence-electron chi connectivity index (χ3n) is 3.82. The molecule has 1 aromatic heterocycles. The van der Waals surface area contributed by atoms with Crippen LogP contribution >= 0.6 is 0 Å². The van der Waals surface area contributed by atoms with E-state index in [2.05, 4.69) is 61.4 Å². The van der Waals surface area contributed by atoms with Crippen molar-refractivity contribution in [2.45, 2.75) is 38.8 Å². The Labute approximate surface area is 114 Å². The molecule has 0 fully saturated rings. The molecule has 0 saturated heterocycles. The van der Waals surface area contributed by atoms with Gasteiger partial charge in [-0.2, -0.15) is 0 Å². The van der Waals surface area contributed by atoms with Gasteiger partial charge in [-0.3, -0.25) is 4.98 Å². The van der Waals surface area contributed by atoms with E-state index >= 15 is 0 Å². The summed E-state index contributed by atoms with van der Waals surface area (Å²) in [5, 5.41) is 3.76. The SMILES string of the molecule is Cc1ccc2c(c1)C(c1ccncc1)NC(C)(C)C2. The Morgan fingerprint density at radius 2 is 1.89 bits per heavy atom. The fourth-order valence-corrected chi connectivity index (χ4v) is 2.96. The van der Waals surface area contributed by atoms with Gasteiger partial charge in [-0.1, -0.05) is 23.8 Å². The Hall–Kier alpha value is -1.67. The van der Waals surface area contributed by atoms with Crippen molar-refractivity contribution in [1.82, 2.24) is 10.3 Å². The quantitative estimate of drug-likeness (QED) is 0.841. The molecule has 0 aliphatic carbocycles. The fraction of sp³-hybridized carbons (Fsp3) is 0.353. The van der Waals surface area contributed by atoms with Crippen molar-refractivity contribution < 1.29 is 0 Å². The van der Waals surface area contributed by atoms with Crippen LogP contribution in [0.3, 0.4) is 0 Å². The number of hydrogen-bond acceptors (Lipinski definition) is 2. The van der Waals surface area contributed by atoms with Crippen molar-refractivity contribution in [2.24, 2.45) is 0 Å². The summed E-state index contributed by atoms with van der Waals surface area (Å²) in [5.74, 6) is 0. The summed E-state index contributed by atoms with van der Waals surface area (Å²) in [4.78, 5) is 4.12. The van der Waals surface area contributed by atoms with Gasteiger partial charge in [-0.25, -0.2) is 0 Å². The Kier molecular flexibility index (Phi) is 2.90. The molecule has 98 valence electrons. The summed E-state index contributed by atoms with van der Waals surface area (Å²) in [6.07, 6.45) is 4.81. The molecule has 19 heavy (non-hydrogen) atoms. The van der Waals surface area contributed by atoms with Crippen molar-refractivity contribution in [1.29, 1.82) is 0 Å². The van der Waals surface area contributed by atoms with E-state index in [0.29, 0.717) is 0 Å². The van der Waals surface area contributed by atoms with Crippen LogP contribution in [0.2, 0.25) is 0 Å². The highest BCUT2D eigenvalue weighted by molar-refractivity contribution is 5.42. The standard InChI is InChI=1S/C17H20N2/c1-12-4-5-14-11-17(2,3)19-16(15(14)10-12)13-6-8-18-9-7-13/h4-10,16,19H,11H2,1-3H3. The Morgan fingerprint density at radius 3 is 2.63 bits per heavy atom. The van der Waals surface area contributed by atoms with Crippen LogP contribution in [-0.2, 0) is 6.42 Å². The van der Waals surface area contributed by atoms with Crippen molar-refractivity contribution in [3.63, 3.8) is 0 Å². The van der Waals surface area contributed by atoms with Crippen LogP contribution < -0.4 is 5.32 Å². The smallest absolute Gasteiger partial charge is 0.0584 e. The maximum Gasteiger partial charge on any atom is 0.0584 e. The highest BCUT2D eigenvalue weighted by Crippen LogP contribution is 2.34. The zero-order chi connectivity index (χ0) is 13.5. The third kappa shape index (κ3) is 2.41. The Balaban J connectivity index is 2.12. The lowest BCUT2D eigenvalue weighted by atomic mass is 9.81. The molecule has 1 aliphatic heterocycles. The number of benzene rings is 1. The lowest BCUT2D eigenvalue weighted by Crippen LogP contribution is -2.47. The molecule has 2 heterocycles. The zero-order valence-corrected chi connectivity index (χ0v) is 11.8. The predicted octanol–water partition coefficient (Wildman–Crippen LogP) is 3.40. The van der Waals surface area contributed by atoms with Gasteiger partial charge in [0.25, 0.3) is 0 Å². The van der Waals surface area contributed by atoms with E-state index in [0.717, 1.165) is 6.42 Å². The molecule has 2 nitrogen and oxygen atoms in total. The topological polar surface area (TPSA) is 24.9 Å². The highest BCUT2D eigenvalue weighted by Gasteiger charge is 2.31. The van der Waals surface area contributed by atoms with Gasteiger partial charge in [0.15, 0.2) is 0 Å². The molecule has 0 saturated carbocycles. The largest absolute Gasteiger partial charge is 0.301 e. The molecule has 0 bridgehead atoms. The third-order valence-corrected chi connectivity index (χ3v) is 3.82. The van der Waals surface area contributed by atoms with E-state index in [-0.39, 0.29) is 11.6 Å². The second-order valence-electron chi connectivity index (χ2n) is 6.12. The van der Waals surface area contributed by atoms with E-state index in [1.165, 1.54) is 22.3 Å². The zero-order valence-electron chi connectivity index (χ0n) is 11.8. The first-order valence-electron chi connectivity index (χ1n) is 6.82. The van der Waals surface area contributed by atoms with Gasteiger partial charge in [-0.15, -0.1) is 0 Å². The van der Waals surface area contributed by atoms with Gasteiger partial charge in [-0.05, 0) is 56.0 Å². The van der Waals surface area contributed by atoms with Crippen molar-refractivity contribution in [3.05, 3.63) is 65.0 Å². The Morgan fingerprint density at radius 1 is 1.16 bits per heavy atom. The average Bonchev–Trinajstić information content (AvgIpc) is 2.39. The minimum absolute atomic E-state index is 0.121. The first-order chi connectivity index (χ1) is 9.05. The first kappa shape index (κ1) is 12.4. The molecule has 1 N–H and O–H groups in total. The van der Waals surface area contributed by atoms with Crippen LogP contribution in [-0.4, -0.2) is 10.5 Å². The highest BCUT2D eigenvalue weighted by atomic mass is 15.0. The van der Waals surface area contributed by atoms with E-state index in [1.807, 2.05) is 12.4 Å². The number of nitrogens with one attached hydrogen (secondary N) is 1. The number of aromatic nitrogens is 1. The lowest BCUT2D eigenvalue weighted by molar-refractivity contribution is 0.333. The maximum absolute atomic E-state index is 4.12. The average molecular weight is 252 g/mol. The van der Waals surface area contributed by atoms with Gasteiger partial charge in [0.2, 0.25) is 0 Å².